The number of carbonyl (C=O) groups is 1. The van der Waals surface area contributed by atoms with E-state index in [2.05, 4.69) is 25.8 Å². The lowest BCUT2D eigenvalue weighted by molar-refractivity contribution is 0.0920. The normalized spacial score (nSPS) is 24.6. The van der Waals surface area contributed by atoms with Crippen LogP contribution in [0.5, 0.6) is 0 Å². The van der Waals surface area contributed by atoms with Crippen molar-refractivity contribution in [2.75, 3.05) is 13.1 Å². The minimum Gasteiger partial charge on any atom is -0.345 e. The zero-order valence-corrected chi connectivity index (χ0v) is 9.70. The third-order valence-electron chi connectivity index (χ3n) is 3.30. The molecule has 1 atom stereocenters. The lowest BCUT2D eigenvalue weighted by Crippen LogP contribution is -2.45. The van der Waals surface area contributed by atoms with Gasteiger partial charge < -0.3 is 10.6 Å². The predicted octanol–water partition coefficient (Wildman–Crippen LogP) is 0.164. The Kier molecular flexibility index (Phi) is 2.80. The molecule has 6 heteroatoms. The third kappa shape index (κ3) is 2.46. The van der Waals surface area contributed by atoms with Crippen LogP contribution in [0.25, 0.3) is 0 Å². The van der Waals surface area contributed by atoms with Gasteiger partial charge in [0.15, 0.2) is 0 Å². The van der Waals surface area contributed by atoms with Crippen molar-refractivity contribution < 1.29 is 4.79 Å². The van der Waals surface area contributed by atoms with E-state index in [1.54, 1.807) is 0 Å². The number of carbonyl (C=O) groups excluding carboxylic acids is 1. The van der Waals surface area contributed by atoms with Gasteiger partial charge in [-0.05, 0) is 32.2 Å². The van der Waals surface area contributed by atoms with Crippen LogP contribution in [0, 0.1) is 0 Å². The predicted molar refractivity (Wildman–Crippen MR) is 61.7 cm³/mol. The molecule has 1 saturated heterocycles. The Hall–Kier alpha value is -1.43. The molecule has 6 nitrogen and oxygen atoms in total. The smallest absolute Gasteiger partial charge is 0.291 e. The average Bonchev–Trinajstić information content (AvgIpc) is 3.08. The van der Waals surface area contributed by atoms with Crippen LogP contribution in [0.4, 0.5) is 0 Å². The van der Waals surface area contributed by atoms with Crippen LogP contribution in [-0.4, -0.2) is 40.2 Å². The van der Waals surface area contributed by atoms with Gasteiger partial charge in [0.2, 0.25) is 5.82 Å². The molecule has 0 aromatic carbocycles. The fraction of sp³-hybridized carbons (Fsp3) is 0.727. The van der Waals surface area contributed by atoms with Gasteiger partial charge in [-0.2, -0.15) is 0 Å². The molecule has 92 valence electrons. The largest absolute Gasteiger partial charge is 0.345 e. The highest BCUT2D eigenvalue weighted by molar-refractivity contribution is 5.90. The number of piperidine rings is 1. The highest BCUT2D eigenvalue weighted by Gasteiger charge is 2.28. The molecule has 1 aromatic rings. The number of amides is 1. The molecule has 2 fully saturated rings. The fourth-order valence-electron chi connectivity index (χ4n) is 2.14. The molecule has 1 saturated carbocycles. The van der Waals surface area contributed by atoms with E-state index in [0.717, 1.165) is 44.6 Å². The quantitative estimate of drug-likeness (QED) is 0.697. The van der Waals surface area contributed by atoms with Crippen LogP contribution in [0.2, 0.25) is 0 Å². The molecule has 1 amide bonds. The van der Waals surface area contributed by atoms with Crippen LogP contribution >= 0.6 is 0 Å². The van der Waals surface area contributed by atoms with Gasteiger partial charge >= 0.3 is 0 Å². The summed E-state index contributed by atoms with van der Waals surface area (Å²) in [7, 11) is 0. The van der Waals surface area contributed by atoms with E-state index in [1.165, 1.54) is 0 Å². The third-order valence-corrected chi connectivity index (χ3v) is 3.30. The Balaban J connectivity index is 1.59. The molecule has 2 heterocycles. The van der Waals surface area contributed by atoms with E-state index < -0.39 is 0 Å². The van der Waals surface area contributed by atoms with E-state index >= 15 is 0 Å². The summed E-state index contributed by atoms with van der Waals surface area (Å²) in [6.07, 6.45) is 4.44. The summed E-state index contributed by atoms with van der Waals surface area (Å²) < 4.78 is 0. The number of H-pyrrole nitrogens is 1. The Morgan fingerprint density at radius 1 is 1.35 bits per heavy atom. The number of nitrogens with zero attached hydrogens (tertiary/aromatic N) is 2. The monoisotopic (exact) mass is 235 g/mol. The maximum absolute atomic E-state index is 11.9. The summed E-state index contributed by atoms with van der Waals surface area (Å²) in [5.74, 6) is 1.47. The molecule has 1 aliphatic carbocycles. The molecule has 2 aliphatic rings. The summed E-state index contributed by atoms with van der Waals surface area (Å²) in [6.45, 7) is 1.88. The Bertz CT molecular complexity index is 406. The van der Waals surface area contributed by atoms with Crippen molar-refractivity contribution in [2.45, 2.75) is 37.6 Å². The zero-order chi connectivity index (χ0) is 11.7. The summed E-state index contributed by atoms with van der Waals surface area (Å²) in [5, 5.41) is 13.0. The van der Waals surface area contributed by atoms with E-state index in [9.17, 15) is 4.79 Å². The molecule has 1 aliphatic heterocycles. The molecular formula is C11H17N5O. The van der Waals surface area contributed by atoms with Gasteiger partial charge in [0, 0.05) is 18.5 Å². The summed E-state index contributed by atoms with van der Waals surface area (Å²) in [4.78, 5) is 16.1. The van der Waals surface area contributed by atoms with E-state index in [4.69, 9.17) is 0 Å². The second-order valence-electron chi connectivity index (χ2n) is 4.84. The molecule has 17 heavy (non-hydrogen) atoms. The first-order chi connectivity index (χ1) is 8.33. The maximum atomic E-state index is 11.9. The lowest BCUT2D eigenvalue weighted by Gasteiger charge is -2.23. The molecule has 1 aromatic heterocycles. The second kappa shape index (κ2) is 4.44. The first-order valence-corrected chi connectivity index (χ1v) is 6.27. The van der Waals surface area contributed by atoms with Gasteiger partial charge in [-0.1, -0.05) is 0 Å². The van der Waals surface area contributed by atoms with Crippen LogP contribution in [0.1, 0.15) is 48.0 Å². The van der Waals surface area contributed by atoms with E-state index in [0.29, 0.717) is 5.92 Å². The average molecular weight is 235 g/mol. The number of rotatable bonds is 3. The van der Waals surface area contributed by atoms with Crippen molar-refractivity contribution >= 4 is 5.91 Å². The van der Waals surface area contributed by atoms with Gasteiger partial charge in [-0.25, -0.2) is 4.98 Å². The first kappa shape index (κ1) is 10.7. The van der Waals surface area contributed by atoms with Crippen molar-refractivity contribution in [1.29, 1.82) is 0 Å². The molecule has 0 unspecified atom stereocenters. The molecule has 0 bridgehead atoms. The van der Waals surface area contributed by atoms with Crippen LogP contribution < -0.4 is 10.6 Å². The number of aromatic amines is 1. The SMILES string of the molecule is O=C(N[C@@H]1CCCNC1)c1n[nH]c(C2CC2)n1. The zero-order valence-electron chi connectivity index (χ0n) is 9.70. The second-order valence-corrected chi connectivity index (χ2v) is 4.84. The Morgan fingerprint density at radius 3 is 2.94 bits per heavy atom. The lowest BCUT2D eigenvalue weighted by atomic mass is 10.1. The topological polar surface area (TPSA) is 82.7 Å². The number of aromatic nitrogens is 3. The van der Waals surface area contributed by atoms with E-state index in [1.807, 2.05) is 0 Å². The van der Waals surface area contributed by atoms with Crippen LogP contribution in [0.15, 0.2) is 0 Å². The first-order valence-electron chi connectivity index (χ1n) is 6.27. The van der Waals surface area contributed by atoms with Gasteiger partial charge in [0.25, 0.3) is 5.91 Å². The van der Waals surface area contributed by atoms with Crippen molar-refractivity contribution in [3.05, 3.63) is 11.6 Å². The fourth-order valence-corrected chi connectivity index (χ4v) is 2.14. The Labute approximate surface area is 99.6 Å². The van der Waals surface area contributed by atoms with Gasteiger partial charge in [0.1, 0.15) is 5.82 Å². The molecule has 0 radical (unpaired) electrons. The maximum Gasteiger partial charge on any atom is 0.291 e. The van der Waals surface area contributed by atoms with Crippen molar-refractivity contribution in [3.63, 3.8) is 0 Å². The van der Waals surface area contributed by atoms with E-state index in [-0.39, 0.29) is 17.8 Å². The van der Waals surface area contributed by atoms with Crippen molar-refractivity contribution in [3.8, 4) is 0 Å². The van der Waals surface area contributed by atoms with Gasteiger partial charge in [0.05, 0.1) is 0 Å². The summed E-state index contributed by atoms with van der Waals surface area (Å²) in [6, 6.07) is 0.208. The highest BCUT2D eigenvalue weighted by Crippen LogP contribution is 2.37. The molecule has 0 spiro atoms. The Morgan fingerprint density at radius 2 is 2.24 bits per heavy atom. The summed E-state index contributed by atoms with van der Waals surface area (Å²) >= 11 is 0. The van der Waals surface area contributed by atoms with Crippen molar-refractivity contribution in [1.82, 2.24) is 25.8 Å². The van der Waals surface area contributed by atoms with Crippen LogP contribution in [0.3, 0.4) is 0 Å². The standard InChI is InChI=1S/C11H17N5O/c17-11(13-8-2-1-5-12-6-8)10-14-9(15-16-10)7-3-4-7/h7-8,12H,1-6H2,(H,13,17)(H,14,15,16)/t8-/m1/s1. The van der Waals surface area contributed by atoms with Gasteiger partial charge in [-0.15, -0.1) is 5.10 Å². The van der Waals surface area contributed by atoms with Gasteiger partial charge in [-0.3, -0.25) is 9.89 Å². The number of nitrogens with one attached hydrogen (secondary N) is 3. The number of hydrogen-bond donors (Lipinski definition) is 3. The molecule has 3 N–H and O–H groups in total. The van der Waals surface area contributed by atoms with Crippen LogP contribution in [-0.2, 0) is 0 Å². The number of hydrogen-bond acceptors (Lipinski definition) is 4. The minimum atomic E-state index is -0.165. The minimum absolute atomic E-state index is 0.165. The van der Waals surface area contributed by atoms with Crippen molar-refractivity contribution in [2.24, 2.45) is 0 Å². The summed E-state index contributed by atoms with van der Waals surface area (Å²) in [5.41, 5.74) is 0. The molecule has 3 rings (SSSR count). The molecular weight excluding hydrogens is 218 g/mol. The highest BCUT2D eigenvalue weighted by atomic mass is 16.2.